The second kappa shape index (κ2) is 11.4. The number of carbonyl (C=O) groups excluding carboxylic acids is 3. The number of hydrogen-bond donors (Lipinski definition) is 2. The molecular formula is C26H33ClN4O5S. The number of nitrogens with two attached hydrogens (primary N) is 1. The molecule has 37 heavy (non-hydrogen) atoms. The van der Waals surface area contributed by atoms with E-state index in [0.29, 0.717) is 16.8 Å². The molecule has 1 heterocycles. The first-order chi connectivity index (χ1) is 17.6. The van der Waals surface area contributed by atoms with Gasteiger partial charge in [0.25, 0.3) is 0 Å². The average Bonchev–Trinajstić information content (AvgIpc) is 3.23. The van der Waals surface area contributed by atoms with E-state index >= 15 is 0 Å². The Morgan fingerprint density at radius 2 is 1.78 bits per heavy atom. The first-order valence-electron chi connectivity index (χ1n) is 12.7. The number of benzene rings is 2. The third kappa shape index (κ3) is 5.91. The molecule has 4 rings (SSSR count). The Kier molecular flexibility index (Phi) is 8.40. The van der Waals surface area contributed by atoms with Crippen LogP contribution in [0.1, 0.15) is 51.9 Å². The summed E-state index contributed by atoms with van der Waals surface area (Å²) in [6.07, 6.45) is 5.67. The summed E-state index contributed by atoms with van der Waals surface area (Å²) in [5.41, 5.74) is 5.41. The number of nitrogens with zero attached hydrogens (tertiary/aromatic N) is 2. The van der Waals surface area contributed by atoms with Gasteiger partial charge < -0.3 is 16.0 Å². The van der Waals surface area contributed by atoms with Gasteiger partial charge in [-0.15, -0.1) is 0 Å². The lowest BCUT2D eigenvalue weighted by Gasteiger charge is -2.31. The second-order valence-electron chi connectivity index (χ2n) is 9.77. The monoisotopic (exact) mass is 548 g/mol. The van der Waals surface area contributed by atoms with Crippen molar-refractivity contribution in [2.75, 3.05) is 13.1 Å². The highest BCUT2D eigenvalue weighted by molar-refractivity contribution is 7.89. The maximum atomic E-state index is 13.7. The first kappa shape index (κ1) is 27.3. The lowest BCUT2D eigenvalue weighted by atomic mass is 9.95. The minimum Gasteiger partial charge on any atom is -0.369 e. The zero-order valence-electron chi connectivity index (χ0n) is 20.9. The summed E-state index contributed by atoms with van der Waals surface area (Å²) >= 11 is 6.04. The fraction of sp³-hybridized carbons (Fsp3) is 0.500. The summed E-state index contributed by atoms with van der Waals surface area (Å²) in [5.74, 6) is -1.59. The largest absolute Gasteiger partial charge is 0.369 e. The Morgan fingerprint density at radius 1 is 1.11 bits per heavy atom. The number of sulfonamides is 1. The minimum atomic E-state index is -4.26. The van der Waals surface area contributed by atoms with E-state index < -0.39 is 40.5 Å². The van der Waals surface area contributed by atoms with Crippen LogP contribution in [0.15, 0.2) is 41.3 Å². The molecule has 9 nitrogen and oxygen atoms in total. The number of likely N-dealkylation sites (tertiary alicyclic amines) is 1. The van der Waals surface area contributed by atoms with E-state index in [2.05, 4.69) is 5.32 Å². The minimum absolute atomic E-state index is 0.0584. The van der Waals surface area contributed by atoms with Crippen molar-refractivity contribution in [3.63, 3.8) is 0 Å². The van der Waals surface area contributed by atoms with Gasteiger partial charge in [-0.3, -0.25) is 14.4 Å². The maximum absolute atomic E-state index is 13.7. The molecule has 0 aromatic heterocycles. The van der Waals surface area contributed by atoms with Gasteiger partial charge in [-0.05, 0) is 60.7 Å². The molecule has 0 radical (unpaired) electrons. The van der Waals surface area contributed by atoms with Crippen LogP contribution in [-0.2, 0) is 24.4 Å². The van der Waals surface area contributed by atoms with Gasteiger partial charge in [0.15, 0.2) is 0 Å². The molecule has 1 saturated heterocycles. The van der Waals surface area contributed by atoms with Crippen molar-refractivity contribution >= 4 is 50.1 Å². The topological polar surface area (TPSA) is 130 Å². The van der Waals surface area contributed by atoms with Crippen LogP contribution < -0.4 is 11.1 Å². The zero-order valence-corrected chi connectivity index (χ0v) is 22.4. The van der Waals surface area contributed by atoms with Crippen molar-refractivity contribution < 1.29 is 22.8 Å². The molecule has 1 saturated carbocycles. The Morgan fingerprint density at radius 3 is 2.46 bits per heavy atom. The lowest BCUT2D eigenvalue weighted by Crippen LogP contribution is -2.53. The Balaban J connectivity index is 1.58. The standard InChI is InChI=1S/C26H33ClN4O5S/c1-2-22(25(33)29-20-6-4-3-5-7-20)30-13-12-23(26(30)34)31(16-24(28)32)37(35,36)21-11-9-17-14-19(27)10-8-18(17)15-21/h8-11,14-15,20,22-23H,2-7,12-13,16H2,1H3,(H2,28,32)(H,29,33). The molecule has 0 spiro atoms. The molecule has 2 unspecified atom stereocenters. The predicted molar refractivity (Wildman–Crippen MR) is 141 cm³/mol. The van der Waals surface area contributed by atoms with Gasteiger partial charge in [-0.2, -0.15) is 4.31 Å². The number of carbonyl (C=O) groups is 3. The third-order valence-corrected chi connectivity index (χ3v) is 9.35. The van der Waals surface area contributed by atoms with Crippen LogP contribution in [0.2, 0.25) is 5.02 Å². The number of hydrogen-bond acceptors (Lipinski definition) is 5. The number of nitrogens with one attached hydrogen (secondary N) is 1. The Labute approximate surface area is 222 Å². The Bertz CT molecular complexity index is 1300. The summed E-state index contributed by atoms with van der Waals surface area (Å²) in [4.78, 5) is 39.9. The second-order valence-corrected chi connectivity index (χ2v) is 12.1. The Hall–Kier alpha value is -2.69. The molecule has 1 aliphatic heterocycles. The third-order valence-electron chi connectivity index (χ3n) is 7.27. The SMILES string of the molecule is CCC(C(=O)NC1CCCCC1)N1CCC(N(CC(N)=O)S(=O)(=O)c2ccc3cc(Cl)ccc3c2)C1=O. The van der Waals surface area contributed by atoms with E-state index in [0.717, 1.165) is 41.8 Å². The molecule has 2 fully saturated rings. The molecule has 200 valence electrons. The van der Waals surface area contributed by atoms with E-state index in [4.69, 9.17) is 17.3 Å². The lowest BCUT2D eigenvalue weighted by molar-refractivity contribution is -0.140. The van der Waals surface area contributed by atoms with E-state index in [1.54, 1.807) is 24.3 Å². The van der Waals surface area contributed by atoms with Gasteiger partial charge >= 0.3 is 0 Å². The summed E-state index contributed by atoms with van der Waals surface area (Å²) in [6, 6.07) is 7.87. The normalized spacial score (nSPS) is 19.9. The van der Waals surface area contributed by atoms with Crippen molar-refractivity contribution in [2.24, 2.45) is 5.73 Å². The van der Waals surface area contributed by atoms with E-state index in [1.165, 1.54) is 17.0 Å². The van der Waals surface area contributed by atoms with Crippen molar-refractivity contribution in [2.45, 2.75) is 74.9 Å². The van der Waals surface area contributed by atoms with Crippen molar-refractivity contribution in [3.8, 4) is 0 Å². The van der Waals surface area contributed by atoms with E-state index in [9.17, 15) is 22.8 Å². The highest BCUT2D eigenvalue weighted by atomic mass is 35.5. The number of amides is 3. The fourth-order valence-electron chi connectivity index (χ4n) is 5.36. The van der Waals surface area contributed by atoms with Gasteiger partial charge in [0.05, 0.1) is 11.4 Å². The molecule has 0 bridgehead atoms. The van der Waals surface area contributed by atoms with Gasteiger partial charge in [0.1, 0.15) is 12.1 Å². The molecule has 2 aliphatic rings. The van der Waals surface area contributed by atoms with Gasteiger partial charge in [-0.25, -0.2) is 8.42 Å². The predicted octanol–water partition coefficient (Wildman–Crippen LogP) is 2.80. The molecular weight excluding hydrogens is 516 g/mol. The molecule has 2 atom stereocenters. The van der Waals surface area contributed by atoms with Gasteiger partial charge in [0.2, 0.25) is 27.7 Å². The highest BCUT2D eigenvalue weighted by Gasteiger charge is 2.45. The van der Waals surface area contributed by atoms with Gasteiger partial charge in [-0.1, -0.05) is 49.9 Å². The van der Waals surface area contributed by atoms with Crippen LogP contribution in [0, 0.1) is 0 Å². The molecule has 2 aromatic rings. The van der Waals surface area contributed by atoms with Crippen LogP contribution in [0.4, 0.5) is 0 Å². The average molecular weight is 549 g/mol. The van der Waals surface area contributed by atoms with Crippen molar-refractivity contribution in [1.29, 1.82) is 0 Å². The summed E-state index contributed by atoms with van der Waals surface area (Å²) in [5, 5.41) is 5.00. The van der Waals surface area contributed by atoms with E-state index in [1.807, 2.05) is 6.92 Å². The number of halogens is 1. The number of rotatable bonds is 9. The smallest absolute Gasteiger partial charge is 0.244 e. The number of primary amides is 1. The number of fused-ring (bicyclic) bond motifs is 1. The molecule has 1 aliphatic carbocycles. The molecule has 2 aromatic carbocycles. The first-order valence-corrected chi connectivity index (χ1v) is 14.5. The van der Waals surface area contributed by atoms with Crippen LogP contribution >= 0.6 is 11.6 Å². The summed E-state index contributed by atoms with van der Waals surface area (Å²) in [7, 11) is -4.26. The quantitative estimate of drug-likeness (QED) is 0.497. The molecule has 3 amide bonds. The van der Waals surface area contributed by atoms with E-state index in [-0.39, 0.29) is 29.8 Å². The summed E-state index contributed by atoms with van der Waals surface area (Å²) < 4.78 is 28.3. The fourth-order valence-corrected chi connectivity index (χ4v) is 7.16. The van der Waals surface area contributed by atoms with Crippen molar-refractivity contribution in [1.82, 2.24) is 14.5 Å². The summed E-state index contributed by atoms with van der Waals surface area (Å²) in [6.45, 7) is 1.39. The zero-order chi connectivity index (χ0) is 26.7. The highest BCUT2D eigenvalue weighted by Crippen LogP contribution is 2.29. The van der Waals surface area contributed by atoms with Crippen LogP contribution in [0.3, 0.4) is 0 Å². The molecule has 3 N–H and O–H groups in total. The van der Waals surface area contributed by atoms with Crippen LogP contribution in [0.25, 0.3) is 10.8 Å². The van der Waals surface area contributed by atoms with Crippen LogP contribution in [0.5, 0.6) is 0 Å². The molecule has 11 heteroatoms. The maximum Gasteiger partial charge on any atom is 0.244 e. The van der Waals surface area contributed by atoms with Gasteiger partial charge in [0, 0.05) is 17.6 Å². The van der Waals surface area contributed by atoms with Crippen molar-refractivity contribution in [3.05, 3.63) is 41.4 Å². The van der Waals surface area contributed by atoms with Crippen LogP contribution in [-0.4, -0.2) is 66.6 Å².